The van der Waals surface area contributed by atoms with E-state index in [2.05, 4.69) is 17.7 Å². The molecule has 0 aromatic carbocycles. The van der Waals surface area contributed by atoms with Crippen molar-refractivity contribution in [2.45, 2.75) is 39.0 Å². The van der Waals surface area contributed by atoms with Gasteiger partial charge in [0.2, 0.25) is 5.91 Å². The highest BCUT2D eigenvalue weighted by Gasteiger charge is 2.21. The number of amides is 1. The Morgan fingerprint density at radius 3 is 2.58 bits per heavy atom. The van der Waals surface area contributed by atoms with Gasteiger partial charge in [0, 0.05) is 17.9 Å². The van der Waals surface area contributed by atoms with Crippen molar-refractivity contribution in [1.29, 1.82) is 0 Å². The molecular weight excluding hydrogens is 264 g/mol. The van der Waals surface area contributed by atoms with E-state index in [1.807, 2.05) is 0 Å². The highest BCUT2D eigenvalue weighted by Crippen LogP contribution is 2.22. The van der Waals surface area contributed by atoms with Crippen LogP contribution in [0.15, 0.2) is 5.10 Å². The van der Waals surface area contributed by atoms with Gasteiger partial charge in [-0.15, -0.1) is 0 Å². The highest BCUT2D eigenvalue weighted by atomic mass is 32.1. The number of nitrogens with zero attached hydrogens (tertiary/aromatic N) is 2. The van der Waals surface area contributed by atoms with Crippen molar-refractivity contribution in [3.8, 4) is 0 Å². The molecule has 0 saturated heterocycles. The molecule has 6 heteroatoms. The van der Waals surface area contributed by atoms with E-state index in [0.29, 0.717) is 11.7 Å². The number of carbonyl (C=O) groups excluding carboxylic acids is 1. The lowest BCUT2D eigenvalue weighted by atomic mass is 9.90. The molecule has 1 aliphatic rings. The van der Waals surface area contributed by atoms with Crippen molar-refractivity contribution >= 4 is 30.7 Å². The third-order valence-corrected chi connectivity index (χ3v) is 3.85. The lowest BCUT2D eigenvalue weighted by Crippen LogP contribution is -2.36. The van der Waals surface area contributed by atoms with E-state index < -0.39 is 5.97 Å². The molecule has 0 aromatic rings. The molecule has 1 N–H and O–H groups in total. The summed E-state index contributed by atoms with van der Waals surface area (Å²) in [6.45, 7) is 1.33. The summed E-state index contributed by atoms with van der Waals surface area (Å²) in [5.74, 6) is -0.922. The molecule has 1 unspecified atom stereocenters. The van der Waals surface area contributed by atoms with Gasteiger partial charge < -0.3 is 5.11 Å². The third-order valence-electron chi connectivity index (χ3n) is 3.30. The Labute approximate surface area is 119 Å². The van der Waals surface area contributed by atoms with Gasteiger partial charge in [-0.1, -0.05) is 26.2 Å². The van der Waals surface area contributed by atoms with Gasteiger partial charge in [-0.05, 0) is 18.8 Å². The Kier molecular flexibility index (Phi) is 6.91. The summed E-state index contributed by atoms with van der Waals surface area (Å²) in [7, 11) is 0. The van der Waals surface area contributed by atoms with Crippen LogP contribution in [-0.4, -0.2) is 40.5 Å². The number of aliphatic carboxylic acids is 1. The quantitative estimate of drug-likeness (QED) is 0.446. The first-order valence-electron chi connectivity index (χ1n) is 6.72. The summed E-state index contributed by atoms with van der Waals surface area (Å²) in [5.41, 5.74) is 0. The molecule has 1 rings (SSSR count). The summed E-state index contributed by atoms with van der Waals surface area (Å²) >= 11 is 4.06. The maximum atomic E-state index is 12.0. The van der Waals surface area contributed by atoms with Crippen LogP contribution in [0.1, 0.15) is 39.0 Å². The van der Waals surface area contributed by atoms with Crippen molar-refractivity contribution in [1.82, 2.24) is 5.01 Å². The molecule has 0 radical (unpaired) electrons. The molecule has 0 bridgehead atoms. The van der Waals surface area contributed by atoms with Crippen LogP contribution in [0.5, 0.6) is 0 Å². The van der Waals surface area contributed by atoms with Crippen LogP contribution in [0, 0.1) is 11.8 Å². The molecule has 108 valence electrons. The minimum absolute atomic E-state index is 0.288. The Hall–Kier alpha value is -1.04. The second-order valence-electron chi connectivity index (χ2n) is 5.04. The van der Waals surface area contributed by atoms with Crippen LogP contribution in [-0.2, 0) is 9.59 Å². The largest absolute Gasteiger partial charge is 0.480 e. The number of hydrogen-bond acceptors (Lipinski definition) is 4. The summed E-state index contributed by atoms with van der Waals surface area (Å²) < 4.78 is 0. The topological polar surface area (TPSA) is 70.0 Å². The Morgan fingerprint density at radius 2 is 2.05 bits per heavy atom. The van der Waals surface area contributed by atoms with E-state index >= 15 is 0 Å². The zero-order chi connectivity index (χ0) is 14.3. The summed E-state index contributed by atoms with van der Waals surface area (Å²) in [6.07, 6.45) is 7.48. The van der Waals surface area contributed by atoms with E-state index in [1.165, 1.54) is 19.3 Å². The minimum Gasteiger partial charge on any atom is -0.480 e. The Balaban J connectivity index is 2.64. The number of carboxylic acid groups (broad SMARTS) is 1. The first-order valence-corrected chi connectivity index (χ1v) is 7.36. The number of thiol groups is 1. The predicted octanol–water partition coefficient (Wildman–Crippen LogP) is 2.03. The van der Waals surface area contributed by atoms with E-state index in [0.717, 1.165) is 17.9 Å². The maximum absolute atomic E-state index is 12.0. The van der Waals surface area contributed by atoms with Crippen molar-refractivity contribution in [3.63, 3.8) is 0 Å². The second kappa shape index (κ2) is 8.19. The van der Waals surface area contributed by atoms with E-state index in [9.17, 15) is 9.59 Å². The van der Waals surface area contributed by atoms with Crippen molar-refractivity contribution in [3.05, 3.63) is 0 Å². The van der Waals surface area contributed by atoms with Crippen LogP contribution in [0.2, 0.25) is 0 Å². The molecule has 1 fully saturated rings. The zero-order valence-electron chi connectivity index (χ0n) is 11.3. The molecule has 1 saturated carbocycles. The van der Waals surface area contributed by atoms with Gasteiger partial charge in [-0.3, -0.25) is 9.59 Å². The van der Waals surface area contributed by atoms with Crippen molar-refractivity contribution in [2.75, 3.05) is 12.3 Å². The first-order chi connectivity index (χ1) is 9.04. The van der Waals surface area contributed by atoms with Gasteiger partial charge in [0.25, 0.3) is 0 Å². The fourth-order valence-corrected chi connectivity index (χ4v) is 2.25. The van der Waals surface area contributed by atoms with Crippen LogP contribution < -0.4 is 0 Å². The van der Waals surface area contributed by atoms with Crippen LogP contribution in [0.3, 0.4) is 0 Å². The Morgan fingerprint density at radius 1 is 1.42 bits per heavy atom. The molecule has 0 aliphatic heterocycles. The van der Waals surface area contributed by atoms with E-state index in [4.69, 9.17) is 5.11 Å². The SMILES string of the molecule is CC(CS)C(=O)N(CC(=O)O)N=CC1CCCCC1. The Bertz CT molecular complexity index is 341. The van der Waals surface area contributed by atoms with Crippen LogP contribution in [0.4, 0.5) is 0 Å². The molecule has 1 atom stereocenters. The summed E-state index contributed by atoms with van der Waals surface area (Å²) in [4.78, 5) is 22.8. The standard InChI is InChI=1S/C13H22N2O3S/c1-10(9-19)13(18)15(8-12(16)17)14-7-11-5-3-2-4-6-11/h7,10-11,19H,2-6,8-9H2,1H3,(H,16,17). The molecule has 19 heavy (non-hydrogen) atoms. The monoisotopic (exact) mass is 286 g/mol. The average molecular weight is 286 g/mol. The number of carbonyl (C=O) groups is 2. The molecule has 0 heterocycles. The molecule has 0 spiro atoms. The van der Waals surface area contributed by atoms with Gasteiger partial charge in [-0.2, -0.15) is 17.7 Å². The highest BCUT2D eigenvalue weighted by molar-refractivity contribution is 7.80. The third kappa shape index (κ3) is 5.63. The molecule has 1 aliphatic carbocycles. The molecule has 1 amide bonds. The first kappa shape index (κ1) is 16.0. The van der Waals surface area contributed by atoms with Crippen molar-refractivity contribution in [2.24, 2.45) is 16.9 Å². The predicted molar refractivity (Wildman–Crippen MR) is 77.4 cm³/mol. The number of rotatable bonds is 6. The average Bonchev–Trinajstić information content (AvgIpc) is 2.42. The normalized spacial score (nSPS) is 18.4. The van der Waals surface area contributed by atoms with Gasteiger partial charge >= 0.3 is 5.97 Å². The maximum Gasteiger partial charge on any atom is 0.325 e. The molecule has 5 nitrogen and oxygen atoms in total. The fraction of sp³-hybridized carbons (Fsp3) is 0.769. The fourth-order valence-electron chi connectivity index (χ4n) is 2.09. The van der Waals surface area contributed by atoms with E-state index in [-0.39, 0.29) is 18.4 Å². The van der Waals surface area contributed by atoms with Crippen molar-refractivity contribution < 1.29 is 14.7 Å². The van der Waals surface area contributed by atoms with Gasteiger partial charge in [0.15, 0.2) is 0 Å². The number of hydrazone groups is 1. The van der Waals surface area contributed by atoms with Crippen LogP contribution in [0.25, 0.3) is 0 Å². The number of hydrogen-bond donors (Lipinski definition) is 2. The van der Waals surface area contributed by atoms with Gasteiger partial charge in [-0.25, -0.2) is 5.01 Å². The van der Waals surface area contributed by atoms with E-state index in [1.54, 1.807) is 13.1 Å². The van der Waals surface area contributed by atoms with Crippen LogP contribution >= 0.6 is 12.6 Å². The lowest BCUT2D eigenvalue weighted by molar-refractivity contribution is -0.145. The second-order valence-corrected chi connectivity index (χ2v) is 5.40. The summed E-state index contributed by atoms with van der Waals surface area (Å²) in [6, 6.07) is 0. The number of carboxylic acids is 1. The van der Waals surface area contributed by atoms with Gasteiger partial charge in [0.05, 0.1) is 0 Å². The minimum atomic E-state index is -1.06. The molecular formula is C13H22N2O3S. The summed E-state index contributed by atoms with van der Waals surface area (Å²) in [5, 5.41) is 14.0. The zero-order valence-corrected chi connectivity index (χ0v) is 12.2. The van der Waals surface area contributed by atoms with Gasteiger partial charge in [0.1, 0.15) is 6.54 Å². The smallest absolute Gasteiger partial charge is 0.325 e. The molecule has 0 aromatic heterocycles. The lowest BCUT2D eigenvalue weighted by Gasteiger charge is -2.21.